The molecule has 8 nitrogen and oxygen atoms in total. The molecule has 1 fully saturated rings. The van der Waals surface area contributed by atoms with Gasteiger partial charge in [0.2, 0.25) is 5.95 Å². The molecule has 3 rings (SSSR count). The molecule has 2 aromatic heterocycles. The zero-order valence-corrected chi connectivity index (χ0v) is 12.5. The molecule has 0 saturated carbocycles. The Hall–Kier alpha value is -1.42. The molecular weight excluding hydrogens is 294 g/mol. The molecule has 0 aromatic carbocycles. The third-order valence-corrected chi connectivity index (χ3v) is 4.05. The van der Waals surface area contributed by atoms with Crippen LogP contribution >= 0.6 is 11.8 Å². The lowest BCUT2D eigenvalue weighted by Gasteiger charge is -2.16. The van der Waals surface area contributed by atoms with Crippen molar-refractivity contribution in [2.75, 3.05) is 25.2 Å². The van der Waals surface area contributed by atoms with Crippen LogP contribution in [0.5, 0.6) is 0 Å². The van der Waals surface area contributed by atoms with Crippen molar-refractivity contribution in [3.8, 4) is 0 Å². The summed E-state index contributed by atoms with van der Waals surface area (Å²) in [6.07, 6.45) is 2.24. The fraction of sp³-hybridized carbons (Fsp3) is 0.583. The van der Waals surface area contributed by atoms with Crippen LogP contribution < -0.4 is 5.32 Å². The zero-order valence-electron chi connectivity index (χ0n) is 11.7. The summed E-state index contributed by atoms with van der Waals surface area (Å²) in [5.74, 6) is 0.591. The van der Waals surface area contributed by atoms with Gasteiger partial charge in [-0.1, -0.05) is 11.8 Å². The third-order valence-electron chi connectivity index (χ3n) is 3.49. The Morgan fingerprint density at radius 2 is 2.33 bits per heavy atom. The van der Waals surface area contributed by atoms with E-state index in [1.165, 1.54) is 11.8 Å². The largest absolute Gasteiger partial charge is 0.394 e. The van der Waals surface area contributed by atoms with Crippen LogP contribution in [0.2, 0.25) is 0 Å². The first kappa shape index (κ1) is 14.5. The summed E-state index contributed by atoms with van der Waals surface area (Å²) in [6, 6.07) is 0. The summed E-state index contributed by atoms with van der Waals surface area (Å²) in [4.78, 5) is 13.1. The molecule has 1 aliphatic heterocycles. The van der Waals surface area contributed by atoms with E-state index in [1.807, 2.05) is 6.26 Å². The third kappa shape index (κ3) is 2.46. The monoisotopic (exact) mass is 311 g/mol. The maximum atomic E-state index is 9.92. The summed E-state index contributed by atoms with van der Waals surface area (Å²) in [5.41, 5.74) is 1.30. The number of hydrogen-bond acceptors (Lipinski definition) is 8. The number of aromatic nitrogens is 4. The minimum Gasteiger partial charge on any atom is -0.394 e. The summed E-state index contributed by atoms with van der Waals surface area (Å²) in [6.45, 7) is -0.218. The Bertz CT molecular complexity index is 649. The van der Waals surface area contributed by atoms with Crippen LogP contribution in [-0.4, -0.2) is 61.9 Å². The smallest absolute Gasteiger partial charge is 0.207 e. The number of anilines is 1. The van der Waals surface area contributed by atoms with Gasteiger partial charge < -0.3 is 20.3 Å². The highest BCUT2D eigenvalue weighted by Gasteiger charge is 2.36. The van der Waals surface area contributed by atoms with Gasteiger partial charge in [0.05, 0.1) is 18.9 Å². The molecule has 9 heteroatoms. The predicted octanol–water partition coefficient (Wildman–Crippen LogP) is 0.231. The van der Waals surface area contributed by atoms with Crippen molar-refractivity contribution in [2.45, 2.75) is 30.0 Å². The van der Waals surface area contributed by atoms with Crippen molar-refractivity contribution in [1.29, 1.82) is 0 Å². The van der Waals surface area contributed by atoms with Crippen molar-refractivity contribution in [1.82, 2.24) is 19.5 Å². The average molecular weight is 311 g/mol. The van der Waals surface area contributed by atoms with E-state index in [0.717, 1.165) is 0 Å². The molecule has 0 unspecified atom stereocenters. The highest BCUT2D eigenvalue weighted by molar-refractivity contribution is 7.98. The summed E-state index contributed by atoms with van der Waals surface area (Å²) in [5, 5.41) is 22.8. The van der Waals surface area contributed by atoms with Crippen LogP contribution in [0.1, 0.15) is 12.6 Å². The van der Waals surface area contributed by atoms with E-state index in [9.17, 15) is 10.2 Å². The molecule has 0 spiro atoms. The van der Waals surface area contributed by atoms with Gasteiger partial charge in [0.25, 0.3) is 0 Å². The number of imidazole rings is 1. The fourth-order valence-corrected chi connectivity index (χ4v) is 2.80. The number of ether oxygens (including phenoxy) is 1. The molecule has 0 bridgehead atoms. The Morgan fingerprint density at radius 1 is 1.52 bits per heavy atom. The van der Waals surface area contributed by atoms with Gasteiger partial charge in [-0.2, -0.15) is 0 Å². The van der Waals surface area contributed by atoms with E-state index in [-0.39, 0.29) is 6.61 Å². The second kappa shape index (κ2) is 5.76. The van der Waals surface area contributed by atoms with Gasteiger partial charge in [-0.15, -0.1) is 0 Å². The molecule has 0 amide bonds. The van der Waals surface area contributed by atoms with Gasteiger partial charge in [0.1, 0.15) is 17.8 Å². The Kier molecular flexibility index (Phi) is 3.98. The second-order valence-electron chi connectivity index (χ2n) is 4.74. The van der Waals surface area contributed by atoms with Gasteiger partial charge in [0.15, 0.2) is 10.8 Å². The van der Waals surface area contributed by atoms with Gasteiger partial charge in [-0.3, -0.25) is 4.57 Å². The summed E-state index contributed by atoms with van der Waals surface area (Å²) in [7, 11) is 1.76. The van der Waals surface area contributed by atoms with Crippen LogP contribution in [0, 0.1) is 0 Å². The Morgan fingerprint density at radius 3 is 2.95 bits per heavy atom. The van der Waals surface area contributed by atoms with Gasteiger partial charge >= 0.3 is 0 Å². The maximum Gasteiger partial charge on any atom is 0.207 e. The van der Waals surface area contributed by atoms with Crippen LogP contribution in [-0.2, 0) is 4.74 Å². The van der Waals surface area contributed by atoms with Crippen molar-refractivity contribution in [3.05, 3.63) is 6.20 Å². The summed E-state index contributed by atoms with van der Waals surface area (Å²) >= 11 is 1.44. The molecule has 2 aromatic rings. The number of aliphatic hydroxyl groups is 2. The number of hydrogen-bond donors (Lipinski definition) is 3. The highest BCUT2D eigenvalue weighted by atomic mass is 32.2. The molecule has 1 saturated heterocycles. The fourth-order valence-electron chi connectivity index (χ4n) is 2.46. The SMILES string of the molecule is CNc1nc2cnc(SC)nc2n1[C@H]1C[C@@H](O)[C@H](CO)O1. The normalized spacial score (nSPS) is 25.6. The first-order valence-corrected chi connectivity index (χ1v) is 7.81. The van der Waals surface area contributed by atoms with E-state index in [0.29, 0.717) is 28.7 Å². The molecule has 3 atom stereocenters. The van der Waals surface area contributed by atoms with Crippen LogP contribution in [0.25, 0.3) is 11.2 Å². The van der Waals surface area contributed by atoms with E-state index in [2.05, 4.69) is 20.3 Å². The maximum absolute atomic E-state index is 9.92. The van der Waals surface area contributed by atoms with E-state index in [4.69, 9.17) is 4.74 Å². The molecule has 0 aliphatic carbocycles. The lowest BCUT2D eigenvalue weighted by atomic mass is 10.2. The van der Waals surface area contributed by atoms with E-state index < -0.39 is 18.4 Å². The minimum atomic E-state index is -0.705. The molecular formula is C12H17N5O3S. The second-order valence-corrected chi connectivity index (χ2v) is 5.51. The quantitative estimate of drug-likeness (QED) is 0.544. The number of aliphatic hydroxyl groups excluding tert-OH is 2. The van der Waals surface area contributed by atoms with E-state index in [1.54, 1.807) is 17.8 Å². The van der Waals surface area contributed by atoms with Gasteiger partial charge in [0, 0.05) is 13.5 Å². The van der Waals surface area contributed by atoms with Crippen LogP contribution in [0.4, 0.5) is 5.95 Å². The average Bonchev–Trinajstić information content (AvgIpc) is 3.05. The molecule has 3 N–H and O–H groups in total. The van der Waals surface area contributed by atoms with Crippen molar-refractivity contribution < 1.29 is 14.9 Å². The minimum absolute atomic E-state index is 0.218. The topological polar surface area (TPSA) is 105 Å². The van der Waals surface area contributed by atoms with Gasteiger partial charge in [-0.05, 0) is 6.26 Å². The van der Waals surface area contributed by atoms with Crippen molar-refractivity contribution in [2.24, 2.45) is 0 Å². The number of nitrogens with zero attached hydrogens (tertiary/aromatic N) is 4. The molecule has 21 heavy (non-hydrogen) atoms. The number of fused-ring (bicyclic) bond motifs is 1. The summed E-state index contributed by atoms with van der Waals surface area (Å²) < 4.78 is 7.51. The van der Waals surface area contributed by atoms with Gasteiger partial charge in [-0.25, -0.2) is 15.0 Å². The Labute approximate surface area is 125 Å². The molecule has 1 aliphatic rings. The van der Waals surface area contributed by atoms with Crippen molar-refractivity contribution >= 4 is 28.9 Å². The first-order chi connectivity index (χ1) is 10.2. The standard InChI is InChI=1S/C12H17N5O3S/c1-13-11-15-6-4-14-12(21-2)16-10(6)17(11)9-3-7(19)8(5-18)20-9/h4,7-9,18-19H,3,5H2,1-2H3,(H,13,15)/t7-,8+,9-/m1/s1. The van der Waals surface area contributed by atoms with Crippen molar-refractivity contribution in [3.63, 3.8) is 0 Å². The Balaban J connectivity index is 2.07. The van der Waals surface area contributed by atoms with Crippen LogP contribution in [0.3, 0.4) is 0 Å². The zero-order chi connectivity index (χ0) is 15.0. The number of nitrogens with one attached hydrogen (secondary N) is 1. The number of thioether (sulfide) groups is 1. The highest BCUT2D eigenvalue weighted by Crippen LogP contribution is 2.33. The predicted molar refractivity (Wildman–Crippen MR) is 78.3 cm³/mol. The van der Waals surface area contributed by atoms with Crippen LogP contribution in [0.15, 0.2) is 11.4 Å². The molecule has 114 valence electrons. The lowest BCUT2D eigenvalue weighted by Crippen LogP contribution is -2.24. The van der Waals surface area contributed by atoms with E-state index >= 15 is 0 Å². The number of rotatable bonds is 4. The molecule has 3 heterocycles. The first-order valence-electron chi connectivity index (χ1n) is 6.59. The lowest BCUT2D eigenvalue weighted by molar-refractivity contribution is -0.0425. The molecule has 0 radical (unpaired) electrons.